The Morgan fingerprint density at radius 1 is 0.607 bits per heavy atom. The first kappa shape index (κ1) is 62.5. The summed E-state index contributed by atoms with van der Waals surface area (Å²) in [7, 11) is 0. The van der Waals surface area contributed by atoms with E-state index >= 15 is 0 Å². The number of hydrogen-bond acceptors (Lipinski definition) is 4. The van der Waals surface area contributed by atoms with Gasteiger partial charge in [0.05, 0.1) is 18.8 Å². The minimum atomic E-state index is -0.478. The standard InChI is InChI=1S/2C9H18.3C7H16O.C7H16.C6H12O/c1-8(2)7-9(3)5-4-6-9;1-8(2)9-6-4-3-5-7-9;1-6(2)5-7(3,4)8;2*1-4-7(5-8)6(2)3;1-4-5-6-7(2)3;1-5(2)6-3-7-4-6/h8H,4-7H2,1-3H3;8-9H,3-7H2,1-2H3;6,8H,5H2,1-4H3;2*6-8H,4-5H2,1-3H3;7H,4-6H2,1-3H3;5-6H,3-4H2,1-2H3. The monoisotopic (exact) mass is 801 g/mol. The molecular formula is C52H112O4. The van der Waals surface area contributed by atoms with Crippen molar-refractivity contribution in [2.75, 3.05) is 26.4 Å². The molecule has 3 fully saturated rings. The molecule has 0 bridgehead atoms. The highest BCUT2D eigenvalue weighted by molar-refractivity contribution is 4.83. The lowest BCUT2D eigenvalue weighted by Crippen LogP contribution is -2.31. The van der Waals surface area contributed by atoms with E-state index in [9.17, 15) is 5.11 Å². The predicted octanol–water partition coefficient (Wildman–Crippen LogP) is 15.7. The molecule has 2 unspecified atom stereocenters. The summed E-state index contributed by atoms with van der Waals surface area (Å²) in [5, 5.41) is 26.6. The molecule has 1 aliphatic heterocycles. The minimum Gasteiger partial charge on any atom is -0.396 e. The van der Waals surface area contributed by atoms with Gasteiger partial charge in [-0.3, -0.25) is 0 Å². The van der Waals surface area contributed by atoms with E-state index in [4.69, 9.17) is 14.9 Å². The smallest absolute Gasteiger partial charge is 0.0594 e. The molecule has 0 aromatic rings. The quantitative estimate of drug-likeness (QED) is 0.154. The average Bonchev–Trinajstić information content (AvgIpc) is 3.03. The van der Waals surface area contributed by atoms with Crippen LogP contribution in [0.3, 0.4) is 0 Å². The molecule has 0 radical (unpaired) electrons. The molecule has 2 aliphatic carbocycles. The molecule has 4 nitrogen and oxygen atoms in total. The van der Waals surface area contributed by atoms with E-state index in [1.807, 2.05) is 13.8 Å². The number of ether oxygens (including phenoxy) is 1. The second-order valence-electron chi connectivity index (χ2n) is 21.6. The SMILES string of the molecule is CC(C)C1CCCCC1.CC(C)C1COC1.CC(C)CC(C)(C)O.CC(C)CC1(C)CCC1.CCC(CO)C(C)C.CCC(CO)C(C)C.CCCCC(C)C. The van der Waals surface area contributed by atoms with Crippen molar-refractivity contribution in [1.82, 2.24) is 0 Å². The van der Waals surface area contributed by atoms with Crippen molar-refractivity contribution in [2.24, 2.45) is 70.5 Å². The van der Waals surface area contributed by atoms with Gasteiger partial charge in [0.25, 0.3) is 0 Å². The Bertz CT molecular complexity index is 740. The summed E-state index contributed by atoms with van der Waals surface area (Å²) >= 11 is 0. The summed E-state index contributed by atoms with van der Waals surface area (Å²) in [6, 6.07) is 0. The van der Waals surface area contributed by atoms with Crippen molar-refractivity contribution in [3.8, 4) is 0 Å². The molecule has 0 aromatic heterocycles. The number of hydrogen-bond donors (Lipinski definition) is 3. The summed E-state index contributed by atoms with van der Waals surface area (Å²) in [5.41, 5.74) is 0.266. The Morgan fingerprint density at radius 2 is 1.04 bits per heavy atom. The third-order valence-electron chi connectivity index (χ3n) is 12.1. The second kappa shape index (κ2) is 37.8. The van der Waals surface area contributed by atoms with Crippen LogP contribution >= 0.6 is 0 Å². The Hall–Kier alpha value is -0.160. The maximum absolute atomic E-state index is 9.19. The van der Waals surface area contributed by atoms with Crippen molar-refractivity contribution in [2.45, 2.75) is 240 Å². The van der Waals surface area contributed by atoms with Crippen LogP contribution in [0.4, 0.5) is 0 Å². The molecule has 56 heavy (non-hydrogen) atoms. The molecule has 1 heterocycles. The fourth-order valence-corrected chi connectivity index (χ4v) is 7.64. The normalized spacial score (nSPS) is 17.7. The molecule has 2 atom stereocenters. The van der Waals surface area contributed by atoms with Gasteiger partial charge in [0.2, 0.25) is 0 Å². The molecule has 0 amide bonds. The van der Waals surface area contributed by atoms with Crippen LogP contribution in [0.15, 0.2) is 0 Å². The lowest BCUT2D eigenvalue weighted by Gasteiger charge is -2.39. The maximum atomic E-state index is 9.19. The van der Waals surface area contributed by atoms with E-state index < -0.39 is 5.60 Å². The molecule has 344 valence electrons. The van der Waals surface area contributed by atoms with Gasteiger partial charge in [-0.25, -0.2) is 0 Å². The highest BCUT2D eigenvalue weighted by Gasteiger charge is 2.31. The largest absolute Gasteiger partial charge is 0.396 e. The summed E-state index contributed by atoms with van der Waals surface area (Å²) in [4.78, 5) is 0. The third kappa shape index (κ3) is 42.0. The van der Waals surface area contributed by atoms with Crippen molar-refractivity contribution < 1.29 is 20.1 Å². The summed E-state index contributed by atoms with van der Waals surface area (Å²) in [5.74, 6) is 8.35. The van der Waals surface area contributed by atoms with Crippen molar-refractivity contribution in [1.29, 1.82) is 0 Å². The van der Waals surface area contributed by atoms with E-state index in [1.165, 1.54) is 77.0 Å². The van der Waals surface area contributed by atoms with Crippen molar-refractivity contribution in [3.63, 3.8) is 0 Å². The van der Waals surface area contributed by atoms with Gasteiger partial charge in [-0.1, -0.05) is 195 Å². The zero-order valence-electron chi connectivity index (χ0n) is 42.5. The minimum absolute atomic E-state index is 0.341. The fourth-order valence-electron chi connectivity index (χ4n) is 7.64. The molecule has 0 spiro atoms. The Labute approximate surface area is 356 Å². The maximum Gasteiger partial charge on any atom is 0.0594 e. The van der Waals surface area contributed by atoms with Crippen LogP contribution in [0.5, 0.6) is 0 Å². The van der Waals surface area contributed by atoms with Crippen LogP contribution in [0, 0.1) is 70.5 Å². The predicted molar refractivity (Wildman–Crippen MR) is 253 cm³/mol. The lowest BCUT2D eigenvalue weighted by atomic mass is 9.66. The number of aliphatic hydroxyl groups is 3. The van der Waals surface area contributed by atoms with Gasteiger partial charge < -0.3 is 20.1 Å². The average molecular weight is 801 g/mol. The fraction of sp³-hybridized carbons (Fsp3) is 1.00. The van der Waals surface area contributed by atoms with Crippen LogP contribution in [-0.4, -0.2) is 47.3 Å². The number of unbranched alkanes of at least 4 members (excludes halogenated alkanes) is 1. The van der Waals surface area contributed by atoms with Gasteiger partial charge in [-0.2, -0.15) is 0 Å². The first-order chi connectivity index (χ1) is 25.9. The number of aliphatic hydroxyl groups excluding tert-OH is 2. The molecular weight excluding hydrogens is 689 g/mol. The molecule has 3 aliphatic rings. The van der Waals surface area contributed by atoms with Crippen LogP contribution in [-0.2, 0) is 4.74 Å². The first-order valence-corrected chi connectivity index (χ1v) is 24.4. The number of rotatable bonds is 15. The van der Waals surface area contributed by atoms with Gasteiger partial charge in [-0.15, -0.1) is 0 Å². The van der Waals surface area contributed by atoms with Gasteiger partial charge >= 0.3 is 0 Å². The Morgan fingerprint density at radius 3 is 1.12 bits per heavy atom. The van der Waals surface area contributed by atoms with Crippen LogP contribution in [0.2, 0.25) is 0 Å². The van der Waals surface area contributed by atoms with E-state index in [2.05, 4.69) is 125 Å². The van der Waals surface area contributed by atoms with E-state index in [-0.39, 0.29) is 0 Å². The zero-order chi connectivity index (χ0) is 44.5. The molecule has 0 aromatic carbocycles. The summed E-state index contributed by atoms with van der Waals surface area (Å²) < 4.78 is 5.00. The van der Waals surface area contributed by atoms with Crippen molar-refractivity contribution >= 4 is 0 Å². The van der Waals surface area contributed by atoms with Crippen molar-refractivity contribution in [3.05, 3.63) is 0 Å². The Balaban J connectivity index is -0.000000282. The van der Waals surface area contributed by atoms with E-state index in [0.29, 0.717) is 42.8 Å². The van der Waals surface area contributed by atoms with Crippen LogP contribution < -0.4 is 0 Å². The molecule has 3 N–H and O–H groups in total. The van der Waals surface area contributed by atoms with Gasteiger partial charge in [0.15, 0.2) is 0 Å². The van der Waals surface area contributed by atoms with Gasteiger partial charge in [-0.05, 0) is 104 Å². The Kier molecular flexibility index (Phi) is 42.2. The van der Waals surface area contributed by atoms with Gasteiger partial charge in [0, 0.05) is 19.1 Å². The lowest BCUT2D eigenvalue weighted by molar-refractivity contribution is -0.0534. The highest BCUT2D eigenvalue weighted by atomic mass is 16.5. The molecule has 4 heteroatoms. The highest BCUT2D eigenvalue weighted by Crippen LogP contribution is 2.45. The van der Waals surface area contributed by atoms with Crippen LogP contribution in [0.1, 0.15) is 235 Å². The van der Waals surface area contributed by atoms with Crippen LogP contribution in [0.25, 0.3) is 0 Å². The van der Waals surface area contributed by atoms with Gasteiger partial charge in [0.1, 0.15) is 0 Å². The topological polar surface area (TPSA) is 69.9 Å². The summed E-state index contributed by atoms with van der Waals surface area (Å²) in [6.07, 6.45) is 20.5. The zero-order valence-corrected chi connectivity index (χ0v) is 42.5. The second-order valence-corrected chi connectivity index (χ2v) is 21.6. The third-order valence-corrected chi connectivity index (χ3v) is 12.1. The molecule has 3 rings (SSSR count). The summed E-state index contributed by atoms with van der Waals surface area (Å²) in [6.45, 7) is 46.4. The van der Waals surface area contributed by atoms with E-state index in [0.717, 1.165) is 73.4 Å². The first-order valence-electron chi connectivity index (χ1n) is 24.4. The van der Waals surface area contributed by atoms with E-state index in [1.54, 1.807) is 0 Å². The molecule has 2 saturated carbocycles. The molecule has 1 saturated heterocycles.